The molecular formula is C17H24N2O4. The third-order valence-corrected chi connectivity index (χ3v) is 3.76. The topological polar surface area (TPSA) is 67.9 Å². The molecular weight excluding hydrogens is 296 g/mol. The molecule has 1 fully saturated rings. The number of hydrogen-bond donors (Lipinski definition) is 1. The monoisotopic (exact) mass is 320 g/mol. The van der Waals surface area contributed by atoms with Crippen molar-refractivity contribution in [3.8, 4) is 5.75 Å². The molecule has 2 amide bonds. The summed E-state index contributed by atoms with van der Waals surface area (Å²) in [4.78, 5) is 26.1. The molecule has 0 bridgehead atoms. The van der Waals surface area contributed by atoms with Gasteiger partial charge in [0.25, 0.3) is 5.91 Å². The molecule has 1 aromatic carbocycles. The van der Waals surface area contributed by atoms with E-state index in [9.17, 15) is 9.59 Å². The molecule has 0 spiro atoms. The quantitative estimate of drug-likeness (QED) is 0.892. The van der Waals surface area contributed by atoms with Crippen LogP contribution in [0.25, 0.3) is 0 Å². The maximum Gasteiger partial charge on any atom is 0.251 e. The predicted molar refractivity (Wildman–Crippen MR) is 86.5 cm³/mol. The van der Waals surface area contributed by atoms with Crippen LogP contribution < -0.4 is 10.1 Å². The van der Waals surface area contributed by atoms with E-state index in [4.69, 9.17) is 9.47 Å². The summed E-state index contributed by atoms with van der Waals surface area (Å²) >= 11 is 0. The van der Waals surface area contributed by atoms with Crippen LogP contribution in [0, 0.1) is 0 Å². The molecule has 1 heterocycles. The van der Waals surface area contributed by atoms with Crippen LogP contribution in [0.4, 0.5) is 0 Å². The summed E-state index contributed by atoms with van der Waals surface area (Å²) in [7, 11) is 0. The van der Waals surface area contributed by atoms with Crippen molar-refractivity contribution in [3.63, 3.8) is 0 Å². The molecule has 6 heteroatoms. The molecule has 2 atom stereocenters. The first-order chi connectivity index (χ1) is 11.0. The second-order valence-corrected chi connectivity index (χ2v) is 5.68. The Bertz CT molecular complexity index is 544. The highest BCUT2D eigenvalue weighted by molar-refractivity contribution is 5.96. The number of rotatable bonds is 5. The number of amides is 2. The minimum atomic E-state index is -0.268. The van der Waals surface area contributed by atoms with Gasteiger partial charge in [0, 0.05) is 12.1 Å². The Hall–Kier alpha value is -2.08. The molecule has 1 N–H and O–H groups in total. The zero-order valence-corrected chi connectivity index (χ0v) is 13.9. The minimum Gasteiger partial charge on any atom is -0.494 e. The Labute approximate surface area is 136 Å². The van der Waals surface area contributed by atoms with Crippen molar-refractivity contribution in [2.75, 3.05) is 26.3 Å². The van der Waals surface area contributed by atoms with E-state index in [0.717, 1.165) is 5.75 Å². The third kappa shape index (κ3) is 4.69. The lowest BCUT2D eigenvalue weighted by Crippen LogP contribution is -2.52. The average molecular weight is 320 g/mol. The fourth-order valence-corrected chi connectivity index (χ4v) is 2.48. The Morgan fingerprint density at radius 3 is 2.65 bits per heavy atom. The van der Waals surface area contributed by atoms with Gasteiger partial charge in [0.1, 0.15) is 5.75 Å². The SMILES string of the molecule is CCOc1ccc(C(=O)NCC(=O)N2CC(C)OCC2C)cc1. The van der Waals surface area contributed by atoms with Crippen molar-refractivity contribution in [2.45, 2.75) is 32.9 Å². The molecule has 2 unspecified atom stereocenters. The lowest BCUT2D eigenvalue weighted by Gasteiger charge is -2.36. The van der Waals surface area contributed by atoms with E-state index in [1.54, 1.807) is 29.2 Å². The van der Waals surface area contributed by atoms with E-state index < -0.39 is 0 Å². The lowest BCUT2D eigenvalue weighted by atomic mass is 10.2. The second kappa shape index (κ2) is 7.97. The summed E-state index contributed by atoms with van der Waals surface area (Å²) in [5.74, 6) is 0.360. The molecule has 0 radical (unpaired) electrons. The van der Waals surface area contributed by atoms with E-state index in [2.05, 4.69) is 5.32 Å². The number of morpholine rings is 1. The van der Waals surface area contributed by atoms with Crippen LogP contribution in [-0.2, 0) is 9.53 Å². The normalized spacial score (nSPS) is 20.9. The van der Waals surface area contributed by atoms with Gasteiger partial charge in [0.2, 0.25) is 5.91 Å². The molecule has 0 aliphatic carbocycles. The van der Waals surface area contributed by atoms with Gasteiger partial charge >= 0.3 is 0 Å². The lowest BCUT2D eigenvalue weighted by molar-refractivity contribution is -0.142. The molecule has 23 heavy (non-hydrogen) atoms. The average Bonchev–Trinajstić information content (AvgIpc) is 2.55. The molecule has 6 nitrogen and oxygen atoms in total. The van der Waals surface area contributed by atoms with Crippen molar-refractivity contribution in [2.24, 2.45) is 0 Å². The molecule has 0 aromatic heterocycles. The maximum absolute atomic E-state index is 12.3. The number of nitrogens with zero attached hydrogens (tertiary/aromatic N) is 1. The molecule has 1 aliphatic rings. The zero-order chi connectivity index (χ0) is 16.8. The van der Waals surface area contributed by atoms with Gasteiger partial charge in [-0.3, -0.25) is 9.59 Å². The fourth-order valence-electron chi connectivity index (χ4n) is 2.48. The Morgan fingerprint density at radius 2 is 2.00 bits per heavy atom. The number of nitrogens with one attached hydrogen (secondary N) is 1. The molecule has 126 valence electrons. The van der Waals surface area contributed by atoms with Gasteiger partial charge in [0.05, 0.1) is 31.9 Å². The molecule has 1 aliphatic heterocycles. The molecule has 1 saturated heterocycles. The van der Waals surface area contributed by atoms with Crippen LogP contribution in [-0.4, -0.2) is 55.2 Å². The second-order valence-electron chi connectivity index (χ2n) is 5.68. The predicted octanol–water partition coefficient (Wildman–Crippen LogP) is 1.45. The maximum atomic E-state index is 12.3. The van der Waals surface area contributed by atoms with Crippen molar-refractivity contribution >= 4 is 11.8 Å². The van der Waals surface area contributed by atoms with Crippen LogP contribution in [0.2, 0.25) is 0 Å². The third-order valence-electron chi connectivity index (χ3n) is 3.76. The largest absolute Gasteiger partial charge is 0.494 e. The van der Waals surface area contributed by atoms with Gasteiger partial charge in [0.15, 0.2) is 0 Å². The standard InChI is InChI=1S/C17H24N2O4/c1-4-22-15-7-5-14(6-8-15)17(21)18-9-16(20)19-10-13(3)23-11-12(19)2/h5-8,12-13H,4,9-11H2,1-3H3,(H,18,21). The van der Waals surface area contributed by atoms with Gasteiger partial charge in [-0.25, -0.2) is 0 Å². The highest BCUT2D eigenvalue weighted by atomic mass is 16.5. The van der Waals surface area contributed by atoms with Gasteiger partial charge in [-0.05, 0) is 45.0 Å². The highest BCUT2D eigenvalue weighted by Crippen LogP contribution is 2.13. The summed E-state index contributed by atoms with van der Waals surface area (Å²) in [6, 6.07) is 6.88. The van der Waals surface area contributed by atoms with Gasteiger partial charge in [-0.2, -0.15) is 0 Å². The van der Waals surface area contributed by atoms with Crippen LogP contribution in [0.5, 0.6) is 5.75 Å². The van der Waals surface area contributed by atoms with Crippen molar-refractivity contribution in [1.29, 1.82) is 0 Å². The Morgan fingerprint density at radius 1 is 1.30 bits per heavy atom. The van der Waals surface area contributed by atoms with Gasteiger partial charge in [-0.1, -0.05) is 0 Å². The number of ether oxygens (including phenoxy) is 2. The van der Waals surface area contributed by atoms with Gasteiger partial charge < -0.3 is 19.7 Å². The first kappa shape index (κ1) is 17.3. The van der Waals surface area contributed by atoms with E-state index in [1.165, 1.54) is 0 Å². The van der Waals surface area contributed by atoms with Crippen LogP contribution >= 0.6 is 0 Å². The van der Waals surface area contributed by atoms with Crippen molar-refractivity contribution < 1.29 is 19.1 Å². The fraction of sp³-hybridized carbons (Fsp3) is 0.529. The number of carbonyl (C=O) groups excluding carboxylic acids is 2. The smallest absolute Gasteiger partial charge is 0.251 e. The first-order valence-corrected chi connectivity index (χ1v) is 7.93. The summed E-state index contributed by atoms with van der Waals surface area (Å²) in [5.41, 5.74) is 0.504. The number of carbonyl (C=O) groups is 2. The highest BCUT2D eigenvalue weighted by Gasteiger charge is 2.27. The Balaban J connectivity index is 1.86. The van der Waals surface area contributed by atoms with Crippen LogP contribution in [0.3, 0.4) is 0 Å². The van der Waals surface area contributed by atoms with Crippen molar-refractivity contribution in [1.82, 2.24) is 10.2 Å². The van der Waals surface area contributed by atoms with Crippen LogP contribution in [0.15, 0.2) is 24.3 Å². The number of hydrogen-bond acceptors (Lipinski definition) is 4. The summed E-state index contributed by atoms with van der Waals surface area (Å²) in [5, 5.41) is 2.67. The summed E-state index contributed by atoms with van der Waals surface area (Å²) in [6.07, 6.45) is 0.0250. The number of benzene rings is 1. The summed E-state index contributed by atoms with van der Waals surface area (Å²) < 4.78 is 10.8. The first-order valence-electron chi connectivity index (χ1n) is 7.93. The van der Waals surface area contributed by atoms with E-state index in [-0.39, 0.29) is 30.5 Å². The van der Waals surface area contributed by atoms with Crippen LogP contribution in [0.1, 0.15) is 31.1 Å². The molecule has 1 aromatic rings. The van der Waals surface area contributed by atoms with Crippen molar-refractivity contribution in [3.05, 3.63) is 29.8 Å². The van der Waals surface area contributed by atoms with E-state index in [1.807, 2.05) is 20.8 Å². The molecule has 0 saturated carbocycles. The van der Waals surface area contributed by atoms with E-state index in [0.29, 0.717) is 25.3 Å². The zero-order valence-electron chi connectivity index (χ0n) is 13.9. The van der Waals surface area contributed by atoms with E-state index >= 15 is 0 Å². The Kier molecular flexibility index (Phi) is 5.98. The minimum absolute atomic E-state index is 0.0108. The molecule has 2 rings (SSSR count). The summed E-state index contributed by atoms with van der Waals surface area (Å²) in [6.45, 7) is 7.43. The van der Waals surface area contributed by atoms with Gasteiger partial charge in [-0.15, -0.1) is 0 Å².